The summed E-state index contributed by atoms with van der Waals surface area (Å²) < 4.78 is 36.5. The fourth-order valence-corrected chi connectivity index (χ4v) is 2.63. The van der Waals surface area contributed by atoms with Crippen molar-refractivity contribution in [1.29, 1.82) is 0 Å². The van der Waals surface area contributed by atoms with Crippen LogP contribution in [-0.4, -0.2) is 30.9 Å². The predicted octanol–water partition coefficient (Wildman–Crippen LogP) is 2.43. The molecule has 1 aromatic heterocycles. The molecular formula is C19H21F2N3O5. The molecular weight excluding hydrogens is 388 g/mol. The monoisotopic (exact) mass is 409 g/mol. The smallest absolute Gasteiger partial charge is 0.342 e. The van der Waals surface area contributed by atoms with Gasteiger partial charge in [-0.25, -0.2) is 13.6 Å². The highest BCUT2D eigenvalue weighted by Crippen LogP contribution is 2.27. The van der Waals surface area contributed by atoms with Crippen LogP contribution in [-0.2, 0) is 9.53 Å². The van der Waals surface area contributed by atoms with Gasteiger partial charge in [0.25, 0.3) is 5.91 Å². The summed E-state index contributed by atoms with van der Waals surface area (Å²) in [7, 11) is 0. The maximum absolute atomic E-state index is 13.3. The summed E-state index contributed by atoms with van der Waals surface area (Å²) in [5.74, 6) is -4.55. The number of aryl methyl sites for hydroxylation is 1. The lowest BCUT2D eigenvalue weighted by Gasteiger charge is -2.14. The van der Waals surface area contributed by atoms with E-state index in [1.54, 1.807) is 13.8 Å². The van der Waals surface area contributed by atoms with Gasteiger partial charge in [-0.05, 0) is 38.5 Å². The lowest BCUT2D eigenvalue weighted by molar-refractivity contribution is -0.115. The van der Waals surface area contributed by atoms with Crippen LogP contribution in [0.25, 0.3) is 0 Å². The van der Waals surface area contributed by atoms with E-state index < -0.39 is 35.5 Å². The van der Waals surface area contributed by atoms with Crippen molar-refractivity contribution in [2.24, 2.45) is 5.73 Å². The number of anilines is 1. The topological polar surface area (TPSA) is 124 Å². The number of primary amides is 1. The van der Waals surface area contributed by atoms with Gasteiger partial charge in [-0.2, -0.15) is 0 Å². The first-order chi connectivity index (χ1) is 13.6. The van der Waals surface area contributed by atoms with Gasteiger partial charge < -0.3 is 20.2 Å². The number of carbonyl (C=O) groups is 3. The van der Waals surface area contributed by atoms with Crippen LogP contribution in [0.2, 0.25) is 0 Å². The molecule has 2 rings (SSSR count). The van der Waals surface area contributed by atoms with Gasteiger partial charge in [-0.15, -0.1) is 0 Å². The SMILES string of the molecule is CCOC(=O)c1c(C)oc(NC(=O)CN[C@@H](C)c2ccc(F)c(F)c2)c1C(N)=O. The minimum Gasteiger partial charge on any atom is -0.462 e. The van der Waals surface area contributed by atoms with E-state index in [1.165, 1.54) is 13.0 Å². The lowest BCUT2D eigenvalue weighted by Crippen LogP contribution is -2.30. The van der Waals surface area contributed by atoms with E-state index in [9.17, 15) is 23.2 Å². The fraction of sp³-hybridized carbons (Fsp3) is 0.316. The van der Waals surface area contributed by atoms with Gasteiger partial charge in [0.2, 0.25) is 11.8 Å². The number of furan rings is 1. The average Bonchev–Trinajstić information content (AvgIpc) is 2.98. The normalized spacial score (nSPS) is 11.8. The Labute approximate surface area is 165 Å². The highest BCUT2D eigenvalue weighted by Gasteiger charge is 2.29. The summed E-state index contributed by atoms with van der Waals surface area (Å²) in [4.78, 5) is 36.0. The molecule has 0 saturated carbocycles. The Morgan fingerprint density at radius 3 is 2.48 bits per heavy atom. The van der Waals surface area contributed by atoms with Crippen molar-refractivity contribution in [3.05, 3.63) is 52.3 Å². The first-order valence-electron chi connectivity index (χ1n) is 8.74. The Morgan fingerprint density at radius 1 is 1.21 bits per heavy atom. The first kappa shape index (κ1) is 22.0. The van der Waals surface area contributed by atoms with Gasteiger partial charge >= 0.3 is 5.97 Å². The Balaban J connectivity index is 2.10. The molecule has 0 aliphatic heterocycles. The summed E-state index contributed by atoms with van der Waals surface area (Å²) >= 11 is 0. The highest BCUT2D eigenvalue weighted by atomic mass is 19.2. The molecule has 10 heteroatoms. The number of benzene rings is 1. The highest BCUT2D eigenvalue weighted by molar-refractivity contribution is 6.10. The van der Waals surface area contributed by atoms with Crippen LogP contribution in [0, 0.1) is 18.6 Å². The Kier molecular flexibility index (Phi) is 7.05. The van der Waals surface area contributed by atoms with Crippen LogP contribution in [0.5, 0.6) is 0 Å². The van der Waals surface area contributed by atoms with E-state index in [2.05, 4.69) is 10.6 Å². The first-order valence-corrected chi connectivity index (χ1v) is 8.74. The van der Waals surface area contributed by atoms with Crippen molar-refractivity contribution >= 4 is 23.7 Å². The lowest BCUT2D eigenvalue weighted by atomic mass is 10.1. The second-order valence-corrected chi connectivity index (χ2v) is 6.15. The molecule has 0 aliphatic rings. The average molecular weight is 409 g/mol. The molecule has 0 aliphatic carbocycles. The summed E-state index contributed by atoms with van der Waals surface area (Å²) in [6.45, 7) is 4.52. The van der Waals surface area contributed by atoms with Gasteiger partial charge in [0.05, 0.1) is 13.2 Å². The predicted molar refractivity (Wildman–Crippen MR) is 99.3 cm³/mol. The number of nitrogens with one attached hydrogen (secondary N) is 2. The number of amides is 2. The molecule has 0 bridgehead atoms. The zero-order chi connectivity index (χ0) is 21.7. The van der Waals surface area contributed by atoms with Crippen LogP contribution < -0.4 is 16.4 Å². The Bertz CT molecular complexity index is 942. The quantitative estimate of drug-likeness (QED) is 0.576. The minimum absolute atomic E-state index is 0.0654. The zero-order valence-electron chi connectivity index (χ0n) is 16.1. The van der Waals surface area contributed by atoms with Gasteiger partial charge in [0.1, 0.15) is 16.9 Å². The second-order valence-electron chi connectivity index (χ2n) is 6.15. The number of carbonyl (C=O) groups excluding carboxylic acids is 3. The molecule has 0 saturated heterocycles. The van der Waals surface area contributed by atoms with Crippen molar-refractivity contribution < 1.29 is 32.3 Å². The van der Waals surface area contributed by atoms with E-state index in [4.69, 9.17) is 14.9 Å². The van der Waals surface area contributed by atoms with E-state index in [0.717, 1.165) is 12.1 Å². The fourth-order valence-electron chi connectivity index (χ4n) is 2.63. The molecule has 0 fully saturated rings. The number of halogens is 2. The molecule has 0 radical (unpaired) electrons. The number of nitrogens with two attached hydrogens (primary N) is 1. The molecule has 4 N–H and O–H groups in total. The van der Waals surface area contributed by atoms with Crippen molar-refractivity contribution in [2.45, 2.75) is 26.8 Å². The third kappa shape index (κ3) is 5.17. The molecule has 1 aromatic carbocycles. The Hall–Kier alpha value is -3.27. The number of ether oxygens (including phenoxy) is 1. The number of rotatable bonds is 8. The molecule has 1 atom stereocenters. The van der Waals surface area contributed by atoms with E-state index in [0.29, 0.717) is 5.56 Å². The maximum Gasteiger partial charge on any atom is 0.342 e. The summed E-state index contributed by atoms with van der Waals surface area (Å²) in [5, 5.41) is 5.19. The van der Waals surface area contributed by atoms with Crippen molar-refractivity contribution in [3.63, 3.8) is 0 Å². The van der Waals surface area contributed by atoms with Crippen LogP contribution in [0.15, 0.2) is 22.6 Å². The van der Waals surface area contributed by atoms with Crippen molar-refractivity contribution in [2.75, 3.05) is 18.5 Å². The summed E-state index contributed by atoms with van der Waals surface area (Å²) in [6, 6.07) is 2.93. The van der Waals surface area contributed by atoms with Crippen LogP contribution in [0.3, 0.4) is 0 Å². The molecule has 29 heavy (non-hydrogen) atoms. The molecule has 0 unspecified atom stereocenters. The molecule has 1 heterocycles. The number of esters is 1. The summed E-state index contributed by atoms with van der Waals surface area (Å²) in [6.07, 6.45) is 0. The van der Waals surface area contributed by atoms with E-state index >= 15 is 0 Å². The van der Waals surface area contributed by atoms with Crippen LogP contribution >= 0.6 is 0 Å². The van der Waals surface area contributed by atoms with Crippen LogP contribution in [0.4, 0.5) is 14.7 Å². The van der Waals surface area contributed by atoms with E-state index in [1.807, 2.05) is 0 Å². The summed E-state index contributed by atoms with van der Waals surface area (Å²) in [5.41, 5.74) is 5.32. The maximum atomic E-state index is 13.3. The number of hydrogen-bond donors (Lipinski definition) is 3. The third-order valence-electron chi connectivity index (χ3n) is 4.08. The van der Waals surface area contributed by atoms with Gasteiger partial charge in [-0.3, -0.25) is 14.9 Å². The van der Waals surface area contributed by atoms with Crippen LogP contribution in [0.1, 0.15) is 51.9 Å². The molecule has 2 aromatic rings. The molecule has 8 nitrogen and oxygen atoms in total. The minimum atomic E-state index is -0.996. The van der Waals surface area contributed by atoms with Crippen molar-refractivity contribution in [3.8, 4) is 0 Å². The third-order valence-corrected chi connectivity index (χ3v) is 4.08. The van der Waals surface area contributed by atoms with Gasteiger partial charge in [0.15, 0.2) is 11.6 Å². The van der Waals surface area contributed by atoms with E-state index in [-0.39, 0.29) is 35.9 Å². The molecule has 2 amide bonds. The molecule has 156 valence electrons. The number of hydrogen-bond acceptors (Lipinski definition) is 6. The molecule has 0 spiro atoms. The Morgan fingerprint density at radius 2 is 1.90 bits per heavy atom. The largest absolute Gasteiger partial charge is 0.462 e. The second kappa shape index (κ2) is 9.28. The van der Waals surface area contributed by atoms with Crippen molar-refractivity contribution in [1.82, 2.24) is 5.32 Å². The van der Waals surface area contributed by atoms with Gasteiger partial charge in [-0.1, -0.05) is 6.07 Å². The zero-order valence-corrected chi connectivity index (χ0v) is 16.1. The van der Waals surface area contributed by atoms with Gasteiger partial charge in [0, 0.05) is 6.04 Å². The standard InChI is InChI=1S/C19H21F2N3O5/c1-4-28-19(27)15-10(3)29-18(16(15)17(22)26)24-14(25)8-23-9(2)11-5-6-12(20)13(21)7-11/h5-7,9,23H,4,8H2,1-3H3,(H2,22,26)(H,24,25)/t9-/m0/s1.